The number of nitrogens with two attached hydrogens (primary N) is 1. The summed E-state index contributed by atoms with van der Waals surface area (Å²) in [7, 11) is 0. The maximum absolute atomic E-state index is 12.2. The molecule has 5 heteroatoms. The van der Waals surface area contributed by atoms with Crippen LogP contribution in [0.3, 0.4) is 0 Å². The van der Waals surface area contributed by atoms with Crippen molar-refractivity contribution in [2.24, 2.45) is 0 Å². The summed E-state index contributed by atoms with van der Waals surface area (Å²) in [5.41, 5.74) is 7.99. The van der Waals surface area contributed by atoms with Gasteiger partial charge in [-0.3, -0.25) is 4.79 Å². The van der Waals surface area contributed by atoms with Crippen molar-refractivity contribution in [3.63, 3.8) is 0 Å². The van der Waals surface area contributed by atoms with Crippen molar-refractivity contribution in [2.45, 2.75) is 19.4 Å². The standard InChI is InChI=1S/C15H15N3O2/c1-9-11(6-7-14(16)17-9)18-15(19)13-8-10-4-2-3-5-12(10)20-13/h2-7,13H,8H2,1H3,(H2,16,17)(H,18,19). The van der Waals surface area contributed by atoms with Crippen LogP contribution in [0, 0.1) is 6.92 Å². The Kier molecular flexibility index (Phi) is 3.02. The summed E-state index contributed by atoms with van der Waals surface area (Å²) >= 11 is 0. The van der Waals surface area contributed by atoms with Gasteiger partial charge in [0.2, 0.25) is 0 Å². The van der Waals surface area contributed by atoms with Crippen molar-refractivity contribution in [2.75, 3.05) is 11.1 Å². The number of aryl methyl sites for hydroxylation is 1. The first kappa shape index (κ1) is 12.5. The van der Waals surface area contributed by atoms with Crippen LogP contribution in [-0.4, -0.2) is 17.0 Å². The van der Waals surface area contributed by atoms with Gasteiger partial charge in [-0.05, 0) is 30.7 Å². The fourth-order valence-electron chi connectivity index (χ4n) is 2.25. The van der Waals surface area contributed by atoms with Crippen LogP contribution < -0.4 is 15.8 Å². The van der Waals surface area contributed by atoms with Gasteiger partial charge in [-0.25, -0.2) is 4.98 Å². The average Bonchev–Trinajstić information content (AvgIpc) is 2.86. The highest BCUT2D eigenvalue weighted by Gasteiger charge is 2.29. The van der Waals surface area contributed by atoms with Crippen LogP contribution in [0.15, 0.2) is 36.4 Å². The first-order valence-corrected chi connectivity index (χ1v) is 6.42. The van der Waals surface area contributed by atoms with Gasteiger partial charge in [-0.1, -0.05) is 18.2 Å². The third-order valence-corrected chi connectivity index (χ3v) is 3.30. The molecule has 5 nitrogen and oxygen atoms in total. The zero-order valence-corrected chi connectivity index (χ0v) is 11.1. The van der Waals surface area contributed by atoms with Crippen molar-refractivity contribution in [3.05, 3.63) is 47.7 Å². The summed E-state index contributed by atoms with van der Waals surface area (Å²) in [5, 5.41) is 2.83. The van der Waals surface area contributed by atoms with Gasteiger partial charge in [0.1, 0.15) is 11.6 Å². The highest BCUT2D eigenvalue weighted by molar-refractivity contribution is 5.95. The molecule has 1 atom stereocenters. The number of nitrogens with one attached hydrogen (secondary N) is 1. The van der Waals surface area contributed by atoms with Crippen LogP contribution in [0.2, 0.25) is 0 Å². The Labute approximate surface area is 116 Å². The largest absolute Gasteiger partial charge is 0.480 e. The van der Waals surface area contributed by atoms with Gasteiger partial charge < -0.3 is 15.8 Å². The molecular formula is C15H15N3O2. The van der Waals surface area contributed by atoms with Crippen molar-refractivity contribution in [3.8, 4) is 5.75 Å². The van der Waals surface area contributed by atoms with E-state index in [1.165, 1.54) is 0 Å². The Morgan fingerprint density at radius 2 is 2.15 bits per heavy atom. The predicted octanol–water partition coefficient (Wildman–Crippen LogP) is 1.91. The van der Waals surface area contributed by atoms with Gasteiger partial charge in [-0.2, -0.15) is 0 Å². The Bertz CT molecular complexity index is 645. The minimum Gasteiger partial charge on any atom is -0.480 e. The molecule has 0 saturated heterocycles. The Hall–Kier alpha value is -2.56. The first-order valence-electron chi connectivity index (χ1n) is 6.42. The van der Waals surface area contributed by atoms with Gasteiger partial charge in [0.25, 0.3) is 5.91 Å². The molecule has 0 saturated carbocycles. The lowest BCUT2D eigenvalue weighted by Gasteiger charge is -2.12. The van der Waals surface area contributed by atoms with E-state index in [0.717, 1.165) is 11.3 Å². The molecule has 20 heavy (non-hydrogen) atoms. The Balaban J connectivity index is 1.72. The number of para-hydroxylation sites is 1. The van der Waals surface area contributed by atoms with Gasteiger partial charge >= 0.3 is 0 Å². The zero-order valence-electron chi connectivity index (χ0n) is 11.1. The minimum absolute atomic E-state index is 0.170. The third kappa shape index (κ3) is 2.30. The Morgan fingerprint density at radius 3 is 2.90 bits per heavy atom. The second kappa shape index (κ2) is 4.85. The van der Waals surface area contributed by atoms with Gasteiger partial charge in [0.05, 0.1) is 11.4 Å². The number of carbonyl (C=O) groups excluding carboxylic acids is 1. The molecule has 1 aromatic carbocycles. The molecule has 0 radical (unpaired) electrons. The monoisotopic (exact) mass is 269 g/mol. The number of hydrogen-bond donors (Lipinski definition) is 2. The van der Waals surface area contributed by atoms with E-state index < -0.39 is 6.10 Å². The van der Waals surface area contributed by atoms with Crippen molar-refractivity contribution >= 4 is 17.4 Å². The topological polar surface area (TPSA) is 77.2 Å². The van der Waals surface area contributed by atoms with Gasteiger partial charge in [0.15, 0.2) is 6.10 Å². The molecule has 0 aliphatic carbocycles. The smallest absolute Gasteiger partial charge is 0.265 e. The van der Waals surface area contributed by atoms with Crippen LogP contribution in [-0.2, 0) is 11.2 Å². The van der Waals surface area contributed by atoms with Gasteiger partial charge in [-0.15, -0.1) is 0 Å². The summed E-state index contributed by atoms with van der Waals surface area (Å²) < 4.78 is 5.65. The molecule has 1 unspecified atom stereocenters. The first-order chi connectivity index (χ1) is 9.63. The molecule has 1 aromatic heterocycles. The lowest BCUT2D eigenvalue weighted by Crippen LogP contribution is -2.31. The number of pyridine rings is 1. The number of hydrogen-bond acceptors (Lipinski definition) is 4. The lowest BCUT2D eigenvalue weighted by atomic mass is 10.1. The molecule has 3 rings (SSSR count). The minimum atomic E-state index is -0.496. The molecule has 3 N–H and O–H groups in total. The molecular weight excluding hydrogens is 254 g/mol. The molecule has 102 valence electrons. The summed E-state index contributed by atoms with van der Waals surface area (Å²) in [4.78, 5) is 16.3. The molecule has 0 bridgehead atoms. The number of anilines is 2. The summed E-state index contributed by atoms with van der Waals surface area (Å²) in [5.74, 6) is 1.04. The highest BCUT2D eigenvalue weighted by Crippen LogP contribution is 2.28. The van der Waals surface area contributed by atoms with Crippen LogP contribution in [0.5, 0.6) is 5.75 Å². The highest BCUT2D eigenvalue weighted by atomic mass is 16.5. The third-order valence-electron chi connectivity index (χ3n) is 3.30. The molecule has 0 fully saturated rings. The maximum atomic E-state index is 12.2. The van der Waals surface area contributed by atoms with Crippen molar-refractivity contribution in [1.82, 2.24) is 4.98 Å². The van der Waals surface area contributed by atoms with E-state index in [0.29, 0.717) is 23.6 Å². The number of nitrogens with zero attached hydrogens (tertiary/aromatic N) is 1. The number of amides is 1. The Morgan fingerprint density at radius 1 is 1.35 bits per heavy atom. The molecule has 0 spiro atoms. The van der Waals surface area contributed by atoms with E-state index in [1.54, 1.807) is 19.1 Å². The van der Waals surface area contributed by atoms with E-state index in [1.807, 2.05) is 24.3 Å². The van der Waals surface area contributed by atoms with E-state index in [9.17, 15) is 4.79 Å². The fourth-order valence-corrected chi connectivity index (χ4v) is 2.25. The number of nitrogen functional groups attached to an aromatic ring is 1. The number of carbonyl (C=O) groups is 1. The van der Waals surface area contributed by atoms with E-state index in [-0.39, 0.29) is 5.91 Å². The van der Waals surface area contributed by atoms with E-state index in [2.05, 4.69) is 10.3 Å². The summed E-state index contributed by atoms with van der Waals surface area (Å²) in [6, 6.07) is 11.1. The molecule has 1 aliphatic heterocycles. The quantitative estimate of drug-likeness (QED) is 0.873. The number of ether oxygens (including phenoxy) is 1. The van der Waals surface area contributed by atoms with Crippen molar-refractivity contribution < 1.29 is 9.53 Å². The number of rotatable bonds is 2. The number of fused-ring (bicyclic) bond motifs is 1. The van der Waals surface area contributed by atoms with E-state index in [4.69, 9.17) is 10.5 Å². The fraction of sp³-hybridized carbons (Fsp3) is 0.200. The predicted molar refractivity (Wildman–Crippen MR) is 76.6 cm³/mol. The molecule has 2 aromatic rings. The average molecular weight is 269 g/mol. The second-order valence-corrected chi connectivity index (χ2v) is 4.78. The number of aromatic nitrogens is 1. The van der Waals surface area contributed by atoms with Gasteiger partial charge in [0, 0.05) is 6.42 Å². The normalized spacial score (nSPS) is 16.4. The maximum Gasteiger partial charge on any atom is 0.265 e. The van der Waals surface area contributed by atoms with Crippen molar-refractivity contribution in [1.29, 1.82) is 0 Å². The van der Waals surface area contributed by atoms with Crippen LogP contribution in [0.4, 0.5) is 11.5 Å². The van der Waals surface area contributed by atoms with Crippen LogP contribution in [0.1, 0.15) is 11.3 Å². The SMILES string of the molecule is Cc1nc(N)ccc1NC(=O)C1Cc2ccccc2O1. The molecule has 2 heterocycles. The molecule has 1 aliphatic rings. The summed E-state index contributed by atoms with van der Waals surface area (Å²) in [6.07, 6.45) is 0.0908. The zero-order chi connectivity index (χ0) is 14.1. The lowest BCUT2D eigenvalue weighted by molar-refractivity contribution is -0.122. The summed E-state index contributed by atoms with van der Waals surface area (Å²) in [6.45, 7) is 1.80. The molecule has 1 amide bonds. The van der Waals surface area contributed by atoms with Crippen LogP contribution >= 0.6 is 0 Å². The van der Waals surface area contributed by atoms with E-state index >= 15 is 0 Å². The number of benzene rings is 1. The second-order valence-electron chi connectivity index (χ2n) is 4.78. The van der Waals surface area contributed by atoms with Crippen LogP contribution in [0.25, 0.3) is 0 Å².